The van der Waals surface area contributed by atoms with Gasteiger partial charge >= 0.3 is 5.97 Å². The Morgan fingerprint density at radius 3 is 2.72 bits per heavy atom. The number of aromatic amines is 1. The predicted molar refractivity (Wildman–Crippen MR) is 65.0 cm³/mol. The quantitative estimate of drug-likeness (QED) is 0.668. The summed E-state index contributed by atoms with van der Waals surface area (Å²) in [7, 11) is 0. The first kappa shape index (κ1) is 14.8. The van der Waals surface area contributed by atoms with Crippen molar-refractivity contribution in [3.63, 3.8) is 0 Å². The van der Waals surface area contributed by atoms with E-state index in [9.17, 15) is 18.4 Å². The fourth-order valence-corrected chi connectivity index (χ4v) is 2.02. The summed E-state index contributed by atoms with van der Waals surface area (Å²) in [4.78, 5) is 24.9. The van der Waals surface area contributed by atoms with Crippen LogP contribution in [-0.4, -0.2) is 17.6 Å². The van der Waals surface area contributed by atoms with Crippen LogP contribution < -0.4 is 5.56 Å². The zero-order valence-electron chi connectivity index (χ0n) is 9.63. The van der Waals surface area contributed by atoms with Crippen molar-refractivity contribution in [2.24, 2.45) is 0 Å². The van der Waals surface area contributed by atoms with E-state index in [1.54, 1.807) is 6.92 Å². The van der Waals surface area contributed by atoms with Crippen LogP contribution >= 0.6 is 15.9 Å². The molecule has 18 heavy (non-hydrogen) atoms. The minimum atomic E-state index is -2.76. The summed E-state index contributed by atoms with van der Waals surface area (Å²) in [6.07, 6.45) is -3.10. The number of esters is 1. The molecule has 1 heterocycles. The molecule has 1 aromatic rings. The average molecular weight is 324 g/mol. The smallest absolute Gasteiger partial charge is 0.310 e. The molecule has 1 N–H and O–H groups in total. The Labute approximate surface area is 110 Å². The molecular formula is C11H12BrF2NO3. The third kappa shape index (κ3) is 3.63. The lowest BCUT2D eigenvalue weighted by Gasteiger charge is -2.11. The molecule has 0 bridgehead atoms. The van der Waals surface area contributed by atoms with Crippen molar-refractivity contribution in [2.45, 2.75) is 25.1 Å². The van der Waals surface area contributed by atoms with E-state index in [1.165, 1.54) is 0 Å². The minimum absolute atomic E-state index is 0.00153. The Hall–Kier alpha value is -1.24. The van der Waals surface area contributed by atoms with Crippen LogP contribution in [0.1, 0.15) is 30.2 Å². The zero-order chi connectivity index (χ0) is 13.7. The maximum Gasteiger partial charge on any atom is 0.310 e. The Bertz CT molecular complexity index is 488. The first-order valence-electron chi connectivity index (χ1n) is 5.24. The highest BCUT2D eigenvalue weighted by molar-refractivity contribution is 9.08. The largest absolute Gasteiger partial charge is 0.466 e. The SMILES string of the molecule is CCOC(=O)Cc1cc(=O)[nH]c(CBr)c1C(F)F. The fourth-order valence-electron chi connectivity index (χ4n) is 1.57. The first-order valence-corrected chi connectivity index (χ1v) is 6.36. The molecule has 0 atom stereocenters. The topological polar surface area (TPSA) is 59.2 Å². The second-order valence-corrected chi connectivity index (χ2v) is 4.03. The average Bonchev–Trinajstić information content (AvgIpc) is 2.27. The highest BCUT2D eigenvalue weighted by Gasteiger charge is 2.20. The second-order valence-electron chi connectivity index (χ2n) is 3.47. The summed E-state index contributed by atoms with van der Waals surface area (Å²) < 4.78 is 30.6. The van der Waals surface area contributed by atoms with E-state index >= 15 is 0 Å². The maximum absolute atomic E-state index is 12.9. The third-order valence-corrected chi connectivity index (χ3v) is 2.80. The number of H-pyrrole nitrogens is 1. The van der Waals surface area contributed by atoms with Crippen LogP contribution in [0.3, 0.4) is 0 Å². The third-order valence-electron chi connectivity index (χ3n) is 2.24. The molecule has 4 nitrogen and oxygen atoms in total. The molecule has 1 rings (SSSR count). The highest BCUT2D eigenvalue weighted by atomic mass is 79.9. The Kier molecular flexibility index (Phi) is 5.46. The number of halogens is 3. The molecule has 0 aliphatic rings. The molecule has 0 unspecified atom stereocenters. The molecule has 0 spiro atoms. The van der Waals surface area contributed by atoms with Crippen LogP contribution in [0.15, 0.2) is 10.9 Å². The van der Waals surface area contributed by atoms with Gasteiger partial charge in [-0.05, 0) is 12.5 Å². The summed E-state index contributed by atoms with van der Waals surface area (Å²) in [6, 6.07) is 1.00. The van der Waals surface area contributed by atoms with Crippen LogP contribution in [0, 0.1) is 0 Å². The van der Waals surface area contributed by atoms with Crippen molar-refractivity contribution in [2.75, 3.05) is 6.61 Å². The molecule has 0 saturated heterocycles. The van der Waals surface area contributed by atoms with E-state index < -0.39 is 18.0 Å². The zero-order valence-corrected chi connectivity index (χ0v) is 11.2. The number of hydrogen-bond donors (Lipinski definition) is 1. The lowest BCUT2D eigenvalue weighted by Crippen LogP contribution is -2.17. The van der Waals surface area contributed by atoms with Crippen LogP contribution in [0.2, 0.25) is 0 Å². The fraction of sp³-hybridized carbons (Fsp3) is 0.455. The Morgan fingerprint density at radius 1 is 1.56 bits per heavy atom. The van der Waals surface area contributed by atoms with Gasteiger partial charge in [-0.25, -0.2) is 8.78 Å². The molecule has 1 aromatic heterocycles. The summed E-state index contributed by atoms with van der Waals surface area (Å²) in [6.45, 7) is 1.78. The summed E-state index contributed by atoms with van der Waals surface area (Å²) >= 11 is 3.02. The summed E-state index contributed by atoms with van der Waals surface area (Å²) in [5, 5.41) is 0.0819. The van der Waals surface area contributed by atoms with E-state index in [1.807, 2.05) is 0 Å². The maximum atomic E-state index is 12.9. The van der Waals surface area contributed by atoms with Crippen molar-refractivity contribution in [3.8, 4) is 0 Å². The van der Waals surface area contributed by atoms with Crippen LogP contribution in [0.25, 0.3) is 0 Å². The molecule has 7 heteroatoms. The van der Waals surface area contributed by atoms with Crippen molar-refractivity contribution in [3.05, 3.63) is 33.2 Å². The van der Waals surface area contributed by atoms with Crippen molar-refractivity contribution < 1.29 is 18.3 Å². The number of aromatic nitrogens is 1. The van der Waals surface area contributed by atoms with Crippen molar-refractivity contribution >= 4 is 21.9 Å². The number of alkyl halides is 3. The number of hydrogen-bond acceptors (Lipinski definition) is 3. The molecule has 0 fully saturated rings. The van der Waals surface area contributed by atoms with Crippen LogP contribution in [-0.2, 0) is 21.3 Å². The highest BCUT2D eigenvalue weighted by Crippen LogP contribution is 2.26. The number of nitrogens with one attached hydrogen (secondary N) is 1. The van der Waals surface area contributed by atoms with E-state index in [0.29, 0.717) is 0 Å². The van der Waals surface area contributed by atoms with Gasteiger partial charge in [-0.1, -0.05) is 15.9 Å². The van der Waals surface area contributed by atoms with E-state index in [4.69, 9.17) is 0 Å². The molecule has 0 aliphatic heterocycles. The standard InChI is InChI=1S/C11H12BrF2NO3/c1-2-18-9(17)4-6-3-8(16)15-7(5-12)10(6)11(13)14/h3,11H,2,4-5H2,1H3,(H,15,16). The number of carbonyl (C=O) groups is 1. The number of pyridine rings is 1. The summed E-state index contributed by atoms with van der Waals surface area (Å²) in [5.74, 6) is -0.634. The number of carbonyl (C=O) groups excluding carboxylic acids is 1. The molecule has 0 aliphatic carbocycles. The van der Waals surface area contributed by atoms with Gasteiger partial charge in [-0.15, -0.1) is 0 Å². The minimum Gasteiger partial charge on any atom is -0.466 e. The van der Waals surface area contributed by atoms with Gasteiger partial charge in [-0.3, -0.25) is 9.59 Å². The lowest BCUT2D eigenvalue weighted by molar-refractivity contribution is -0.142. The van der Waals surface area contributed by atoms with Gasteiger partial charge in [-0.2, -0.15) is 0 Å². The normalized spacial score (nSPS) is 10.7. The van der Waals surface area contributed by atoms with Gasteiger partial charge in [0.05, 0.1) is 13.0 Å². The Balaban J connectivity index is 3.19. The molecule has 0 amide bonds. The van der Waals surface area contributed by atoms with Gasteiger partial charge < -0.3 is 9.72 Å². The molecule has 0 saturated carbocycles. The van der Waals surface area contributed by atoms with E-state index in [2.05, 4.69) is 25.7 Å². The molecule has 100 valence electrons. The Morgan fingerprint density at radius 2 is 2.22 bits per heavy atom. The van der Waals surface area contributed by atoms with E-state index in [-0.39, 0.29) is 35.2 Å². The lowest BCUT2D eigenvalue weighted by atomic mass is 10.0. The van der Waals surface area contributed by atoms with Gasteiger partial charge in [0.15, 0.2) is 0 Å². The van der Waals surface area contributed by atoms with Gasteiger partial charge in [0.25, 0.3) is 6.43 Å². The first-order chi connectivity index (χ1) is 8.49. The van der Waals surface area contributed by atoms with Crippen LogP contribution in [0.4, 0.5) is 8.78 Å². The second kappa shape index (κ2) is 6.63. The number of ether oxygens (including phenoxy) is 1. The molecule has 0 radical (unpaired) electrons. The molecule has 0 aromatic carbocycles. The molecular weight excluding hydrogens is 312 g/mol. The van der Waals surface area contributed by atoms with Gasteiger partial charge in [0, 0.05) is 22.7 Å². The van der Waals surface area contributed by atoms with E-state index in [0.717, 1.165) is 6.07 Å². The summed E-state index contributed by atoms with van der Waals surface area (Å²) in [5.41, 5.74) is -0.758. The van der Waals surface area contributed by atoms with Crippen molar-refractivity contribution in [1.82, 2.24) is 4.98 Å². The van der Waals surface area contributed by atoms with Crippen LogP contribution in [0.5, 0.6) is 0 Å². The van der Waals surface area contributed by atoms with Gasteiger partial charge in [0.1, 0.15) is 0 Å². The predicted octanol–water partition coefficient (Wildman–Crippen LogP) is 2.31. The monoisotopic (exact) mass is 323 g/mol. The van der Waals surface area contributed by atoms with Crippen molar-refractivity contribution in [1.29, 1.82) is 0 Å². The van der Waals surface area contributed by atoms with Gasteiger partial charge in [0.2, 0.25) is 5.56 Å². The number of rotatable bonds is 5.